The van der Waals surface area contributed by atoms with Crippen LogP contribution in [-0.2, 0) is 12.7 Å². The van der Waals surface area contributed by atoms with E-state index in [-0.39, 0.29) is 10.7 Å². The van der Waals surface area contributed by atoms with E-state index < -0.39 is 11.7 Å². The Bertz CT molecular complexity index is 526. The molecule has 2 aromatic rings. The molecule has 1 aromatic carbocycles. The van der Waals surface area contributed by atoms with Crippen molar-refractivity contribution in [1.82, 2.24) is 4.98 Å². The van der Waals surface area contributed by atoms with Gasteiger partial charge in [0, 0.05) is 11.1 Å². The predicted molar refractivity (Wildman–Crippen MR) is 65.9 cm³/mol. The molecule has 0 aliphatic carbocycles. The van der Waals surface area contributed by atoms with Crippen LogP contribution in [0.5, 0.6) is 0 Å². The first-order chi connectivity index (χ1) is 8.47. The molecule has 0 aliphatic heterocycles. The number of alkyl halides is 3. The van der Waals surface area contributed by atoms with Gasteiger partial charge in [0.25, 0.3) is 0 Å². The molecule has 0 spiro atoms. The summed E-state index contributed by atoms with van der Waals surface area (Å²) in [5, 5.41) is 3.12. The first kappa shape index (κ1) is 13.2. The smallest absolute Gasteiger partial charge is 0.379 e. The second kappa shape index (κ2) is 5.16. The minimum atomic E-state index is -4.37. The Morgan fingerprint density at radius 1 is 1.33 bits per heavy atom. The van der Waals surface area contributed by atoms with Gasteiger partial charge in [-0.25, -0.2) is 0 Å². The summed E-state index contributed by atoms with van der Waals surface area (Å²) in [5.74, 6) is 0. The SMILES string of the molecule is FC(F)(F)c1ccc(Cl)c(NCc2cncs2)c1. The van der Waals surface area contributed by atoms with Crippen molar-refractivity contribution in [1.29, 1.82) is 0 Å². The van der Waals surface area contributed by atoms with Crippen molar-refractivity contribution in [2.24, 2.45) is 0 Å². The van der Waals surface area contributed by atoms with Gasteiger partial charge in [0.15, 0.2) is 0 Å². The second-order valence-electron chi connectivity index (χ2n) is 3.51. The van der Waals surface area contributed by atoms with Crippen LogP contribution < -0.4 is 5.32 Å². The maximum absolute atomic E-state index is 12.5. The molecule has 0 radical (unpaired) electrons. The molecule has 0 fully saturated rings. The number of rotatable bonds is 3. The summed E-state index contributed by atoms with van der Waals surface area (Å²) in [6.07, 6.45) is -2.72. The summed E-state index contributed by atoms with van der Waals surface area (Å²) in [4.78, 5) is 4.80. The minimum Gasteiger partial charge on any atom is -0.379 e. The molecule has 0 saturated carbocycles. The third-order valence-electron chi connectivity index (χ3n) is 2.23. The largest absolute Gasteiger partial charge is 0.416 e. The number of hydrogen-bond acceptors (Lipinski definition) is 3. The molecule has 0 aliphatic rings. The van der Waals surface area contributed by atoms with E-state index in [0.29, 0.717) is 6.54 Å². The van der Waals surface area contributed by atoms with E-state index in [9.17, 15) is 13.2 Å². The van der Waals surface area contributed by atoms with E-state index in [0.717, 1.165) is 17.0 Å². The lowest BCUT2D eigenvalue weighted by molar-refractivity contribution is -0.137. The van der Waals surface area contributed by atoms with Crippen LogP contribution in [0.25, 0.3) is 0 Å². The average molecular weight is 293 g/mol. The fraction of sp³-hybridized carbons (Fsp3) is 0.182. The Hall–Kier alpha value is -1.27. The van der Waals surface area contributed by atoms with Gasteiger partial charge in [-0.2, -0.15) is 13.2 Å². The van der Waals surface area contributed by atoms with Gasteiger partial charge in [-0.1, -0.05) is 11.6 Å². The molecule has 0 atom stereocenters. The van der Waals surface area contributed by atoms with Crippen LogP contribution in [0, 0.1) is 0 Å². The summed E-state index contributed by atoms with van der Waals surface area (Å²) < 4.78 is 37.6. The Morgan fingerprint density at radius 2 is 2.11 bits per heavy atom. The maximum atomic E-state index is 12.5. The monoisotopic (exact) mass is 292 g/mol. The lowest BCUT2D eigenvalue weighted by Gasteiger charge is -2.11. The van der Waals surface area contributed by atoms with Crippen molar-refractivity contribution >= 4 is 28.6 Å². The lowest BCUT2D eigenvalue weighted by Crippen LogP contribution is -2.06. The van der Waals surface area contributed by atoms with E-state index in [2.05, 4.69) is 10.3 Å². The van der Waals surface area contributed by atoms with Gasteiger partial charge in [-0.3, -0.25) is 4.98 Å². The number of benzene rings is 1. The maximum Gasteiger partial charge on any atom is 0.416 e. The van der Waals surface area contributed by atoms with Crippen LogP contribution in [-0.4, -0.2) is 4.98 Å². The van der Waals surface area contributed by atoms with Gasteiger partial charge < -0.3 is 5.32 Å². The van der Waals surface area contributed by atoms with Gasteiger partial charge >= 0.3 is 6.18 Å². The molecular formula is C11H8ClF3N2S. The molecule has 0 unspecified atom stereocenters. The molecule has 1 heterocycles. The molecular weight excluding hydrogens is 285 g/mol. The van der Waals surface area contributed by atoms with Gasteiger partial charge in [0.1, 0.15) is 0 Å². The van der Waals surface area contributed by atoms with Crippen LogP contribution in [0.2, 0.25) is 5.02 Å². The van der Waals surface area contributed by atoms with Crippen molar-refractivity contribution in [3.63, 3.8) is 0 Å². The summed E-state index contributed by atoms with van der Waals surface area (Å²) in [6, 6.07) is 3.20. The zero-order valence-corrected chi connectivity index (χ0v) is 10.5. The standard InChI is InChI=1S/C11H8ClF3N2S/c12-9-2-1-7(11(13,14)15)3-10(9)17-5-8-4-16-6-18-8/h1-4,6,17H,5H2. The topological polar surface area (TPSA) is 24.9 Å². The molecule has 2 nitrogen and oxygen atoms in total. The highest BCUT2D eigenvalue weighted by atomic mass is 35.5. The first-order valence-corrected chi connectivity index (χ1v) is 6.20. The lowest BCUT2D eigenvalue weighted by atomic mass is 10.2. The molecule has 18 heavy (non-hydrogen) atoms. The summed E-state index contributed by atoms with van der Waals surface area (Å²) in [6.45, 7) is 0.395. The van der Waals surface area contributed by atoms with E-state index in [1.807, 2.05) is 0 Å². The zero-order valence-electron chi connectivity index (χ0n) is 8.96. The Balaban J connectivity index is 2.16. The van der Waals surface area contributed by atoms with E-state index in [1.165, 1.54) is 17.4 Å². The number of nitrogens with zero attached hydrogens (tertiary/aromatic N) is 1. The molecule has 1 aromatic heterocycles. The molecule has 96 valence electrons. The van der Waals surface area contributed by atoms with Crippen molar-refractivity contribution in [3.05, 3.63) is 45.4 Å². The van der Waals surface area contributed by atoms with Gasteiger partial charge in [-0.15, -0.1) is 11.3 Å². The second-order valence-corrected chi connectivity index (χ2v) is 4.89. The van der Waals surface area contributed by atoms with Crippen molar-refractivity contribution in [2.75, 3.05) is 5.32 Å². The minimum absolute atomic E-state index is 0.257. The molecule has 1 N–H and O–H groups in total. The molecule has 0 saturated heterocycles. The van der Waals surface area contributed by atoms with E-state index in [4.69, 9.17) is 11.6 Å². The number of nitrogens with one attached hydrogen (secondary N) is 1. The number of aromatic nitrogens is 1. The summed E-state index contributed by atoms with van der Waals surface area (Å²) in [5.41, 5.74) is 1.20. The predicted octanol–water partition coefficient (Wildman–Crippen LogP) is 4.43. The van der Waals surface area contributed by atoms with E-state index >= 15 is 0 Å². The van der Waals surface area contributed by atoms with E-state index in [1.54, 1.807) is 11.7 Å². The summed E-state index contributed by atoms with van der Waals surface area (Å²) >= 11 is 7.26. The Labute approximate surface area is 110 Å². The van der Waals surface area contributed by atoms with Gasteiger partial charge in [0.2, 0.25) is 0 Å². The third kappa shape index (κ3) is 3.14. The van der Waals surface area contributed by atoms with Gasteiger partial charge in [0.05, 0.1) is 28.3 Å². The Kier molecular flexibility index (Phi) is 3.77. The highest BCUT2D eigenvalue weighted by Crippen LogP contribution is 2.33. The number of thiazole rings is 1. The molecule has 7 heteroatoms. The quantitative estimate of drug-likeness (QED) is 0.905. The molecule has 0 amide bonds. The number of halogens is 4. The fourth-order valence-corrected chi connectivity index (χ4v) is 2.07. The number of anilines is 1. The Morgan fingerprint density at radius 3 is 2.72 bits per heavy atom. The van der Waals surface area contributed by atoms with Crippen molar-refractivity contribution in [2.45, 2.75) is 12.7 Å². The van der Waals surface area contributed by atoms with Crippen LogP contribution in [0.15, 0.2) is 29.9 Å². The average Bonchev–Trinajstić information content (AvgIpc) is 2.79. The number of hydrogen-bond donors (Lipinski definition) is 1. The molecule has 0 bridgehead atoms. The van der Waals surface area contributed by atoms with Crippen LogP contribution in [0.4, 0.5) is 18.9 Å². The van der Waals surface area contributed by atoms with Crippen LogP contribution in [0.3, 0.4) is 0 Å². The fourth-order valence-electron chi connectivity index (χ4n) is 1.35. The van der Waals surface area contributed by atoms with Crippen molar-refractivity contribution < 1.29 is 13.2 Å². The highest BCUT2D eigenvalue weighted by Gasteiger charge is 2.30. The van der Waals surface area contributed by atoms with Crippen molar-refractivity contribution in [3.8, 4) is 0 Å². The zero-order chi connectivity index (χ0) is 13.2. The molecule has 2 rings (SSSR count). The third-order valence-corrected chi connectivity index (χ3v) is 3.34. The first-order valence-electron chi connectivity index (χ1n) is 4.95. The van der Waals surface area contributed by atoms with Crippen LogP contribution >= 0.6 is 22.9 Å². The van der Waals surface area contributed by atoms with Gasteiger partial charge in [-0.05, 0) is 18.2 Å². The van der Waals surface area contributed by atoms with Crippen LogP contribution in [0.1, 0.15) is 10.4 Å². The highest BCUT2D eigenvalue weighted by molar-refractivity contribution is 7.09. The normalized spacial score (nSPS) is 11.6. The summed E-state index contributed by atoms with van der Waals surface area (Å²) in [7, 11) is 0.